The van der Waals surface area contributed by atoms with Gasteiger partial charge in [0.1, 0.15) is 0 Å². The van der Waals surface area contributed by atoms with Crippen molar-refractivity contribution in [3.63, 3.8) is 0 Å². The summed E-state index contributed by atoms with van der Waals surface area (Å²) in [4.78, 5) is 15.1. The molecule has 3 saturated heterocycles. The third kappa shape index (κ3) is 3.75. The van der Waals surface area contributed by atoms with Crippen molar-refractivity contribution in [1.29, 1.82) is 0 Å². The van der Waals surface area contributed by atoms with Crippen LogP contribution in [0, 0.1) is 5.41 Å². The van der Waals surface area contributed by atoms with E-state index in [1.165, 1.54) is 24.8 Å². The SMILES string of the molecule is O=C(c1ccc([C@@H]2CCCNC2)cc1)N1CCCC2(CCOCC2)C1. The molecular formula is C21H30N2O2. The molecule has 4 rings (SSSR count). The van der Waals surface area contributed by atoms with E-state index in [0.717, 1.165) is 64.2 Å². The van der Waals surface area contributed by atoms with Crippen LogP contribution < -0.4 is 5.32 Å². The molecule has 1 spiro atoms. The Hall–Kier alpha value is -1.39. The molecule has 3 heterocycles. The summed E-state index contributed by atoms with van der Waals surface area (Å²) in [6, 6.07) is 8.41. The molecule has 0 aliphatic carbocycles. The quantitative estimate of drug-likeness (QED) is 0.897. The largest absolute Gasteiger partial charge is 0.381 e. The highest BCUT2D eigenvalue weighted by Gasteiger charge is 2.38. The Kier molecular flexibility index (Phi) is 5.09. The van der Waals surface area contributed by atoms with Crippen LogP contribution >= 0.6 is 0 Å². The van der Waals surface area contributed by atoms with E-state index < -0.39 is 0 Å². The van der Waals surface area contributed by atoms with Crippen molar-refractivity contribution < 1.29 is 9.53 Å². The van der Waals surface area contributed by atoms with Gasteiger partial charge in [-0.1, -0.05) is 12.1 Å². The highest BCUT2D eigenvalue weighted by Crippen LogP contribution is 2.39. The maximum absolute atomic E-state index is 13.0. The highest BCUT2D eigenvalue weighted by molar-refractivity contribution is 5.94. The van der Waals surface area contributed by atoms with E-state index in [9.17, 15) is 4.79 Å². The topological polar surface area (TPSA) is 41.6 Å². The molecule has 1 N–H and O–H groups in total. The van der Waals surface area contributed by atoms with Crippen molar-refractivity contribution in [2.75, 3.05) is 39.4 Å². The first-order valence-electron chi connectivity index (χ1n) is 9.94. The van der Waals surface area contributed by atoms with E-state index >= 15 is 0 Å². The molecule has 4 heteroatoms. The van der Waals surface area contributed by atoms with Crippen LogP contribution in [0.25, 0.3) is 0 Å². The van der Waals surface area contributed by atoms with Gasteiger partial charge in [-0.05, 0) is 74.1 Å². The number of ether oxygens (including phenoxy) is 1. The van der Waals surface area contributed by atoms with Crippen LogP contribution in [0.1, 0.15) is 60.4 Å². The zero-order valence-electron chi connectivity index (χ0n) is 15.1. The van der Waals surface area contributed by atoms with Crippen LogP contribution in [0.3, 0.4) is 0 Å². The molecule has 136 valence electrons. The van der Waals surface area contributed by atoms with E-state index in [2.05, 4.69) is 22.3 Å². The van der Waals surface area contributed by atoms with Gasteiger partial charge >= 0.3 is 0 Å². The predicted octanol–water partition coefficient (Wildman–Crippen LogP) is 3.19. The second kappa shape index (κ2) is 7.46. The van der Waals surface area contributed by atoms with Gasteiger partial charge in [0.15, 0.2) is 0 Å². The average molecular weight is 342 g/mol. The van der Waals surface area contributed by atoms with Gasteiger partial charge in [-0.15, -0.1) is 0 Å². The van der Waals surface area contributed by atoms with Gasteiger partial charge in [0.2, 0.25) is 0 Å². The molecule has 3 aliphatic heterocycles. The minimum Gasteiger partial charge on any atom is -0.381 e. The number of carbonyl (C=O) groups excluding carboxylic acids is 1. The van der Waals surface area contributed by atoms with Crippen LogP contribution in [-0.2, 0) is 4.74 Å². The molecule has 0 bridgehead atoms. The molecule has 0 unspecified atom stereocenters. The Morgan fingerprint density at radius 2 is 1.92 bits per heavy atom. The average Bonchev–Trinajstić information content (AvgIpc) is 2.69. The first-order chi connectivity index (χ1) is 12.3. The highest BCUT2D eigenvalue weighted by atomic mass is 16.5. The van der Waals surface area contributed by atoms with Crippen LogP contribution in [0.15, 0.2) is 24.3 Å². The maximum atomic E-state index is 13.0. The Balaban J connectivity index is 1.43. The van der Waals surface area contributed by atoms with Crippen molar-refractivity contribution in [3.8, 4) is 0 Å². The molecule has 0 aromatic heterocycles. The molecule has 1 aromatic rings. The molecule has 3 aliphatic rings. The summed E-state index contributed by atoms with van der Waals surface area (Å²) >= 11 is 0. The summed E-state index contributed by atoms with van der Waals surface area (Å²) < 4.78 is 5.54. The van der Waals surface area contributed by atoms with Gasteiger partial charge in [-0.3, -0.25) is 4.79 Å². The molecule has 1 aromatic carbocycles. The monoisotopic (exact) mass is 342 g/mol. The zero-order valence-corrected chi connectivity index (χ0v) is 15.1. The molecule has 25 heavy (non-hydrogen) atoms. The lowest BCUT2D eigenvalue weighted by Crippen LogP contribution is -2.48. The van der Waals surface area contributed by atoms with Crippen molar-refractivity contribution in [2.45, 2.75) is 44.4 Å². The lowest BCUT2D eigenvalue weighted by Gasteiger charge is -2.45. The number of hydrogen-bond donors (Lipinski definition) is 1. The first kappa shape index (κ1) is 17.0. The van der Waals surface area contributed by atoms with Gasteiger partial charge in [-0.2, -0.15) is 0 Å². The predicted molar refractivity (Wildman–Crippen MR) is 98.9 cm³/mol. The molecule has 0 radical (unpaired) electrons. The number of likely N-dealkylation sites (tertiary alicyclic amines) is 1. The fourth-order valence-corrected chi connectivity index (χ4v) is 4.81. The number of amides is 1. The summed E-state index contributed by atoms with van der Waals surface area (Å²) in [5, 5.41) is 3.47. The molecule has 3 fully saturated rings. The van der Waals surface area contributed by atoms with E-state index in [4.69, 9.17) is 4.74 Å². The number of nitrogens with one attached hydrogen (secondary N) is 1. The van der Waals surface area contributed by atoms with Gasteiger partial charge in [-0.25, -0.2) is 0 Å². The van der Waals surface area contributed by atoms with E-state index in [1.807, 2.05) is 12.1 Å². The summed E-state index contributed by atoms with van der Waals surface area (Å²) in [6.07, 6.45) is 7.06. The maximum Gasteiger partial charge on any atom is 0.253 e. The second-order valence-electron chi connectivity index (χ2n) is 8.11. The van der Waals surface area contributed by atoms with Gasteiger partial charge in [0, 0.05) is 38.4 Å². The van der Waals surface area contributed by atoms with Crippen molar-refractivity contribution in [3.05, 3.63) is 35.4 Å². The minimum absolute atomic E-state index is 0.207. The summed E-state index contributed by atoms with van der Waals surface area (Å²) in [5.74, 6) is 0.803. The number of benzene rings is 1. The van der Waals surface area contributed by atoms with Crippen molar-refractivity contribution in [2.24, 2.45) is 5.41 Å². The van der Waals surface area contributed by atoms with Gasteiger partial charge in [0.25, 0.3) is 5.91 Å². The standard InChI is InChI=1S/C21H30N2O2/c24-20(23-12-2-8-21(16-23)9-13-25-14-10-21)18-6-4-17(5-7-18)19-3-1-11-22-15-19/h4-7,19,22H,1-3,8-16H2/t19-/m1/s1. The van der Waals surface area contributed by atoms with Crippen LogP contribution in [-0.4, -0.2) is 50.2 Å². The molecular weight excluding hydrogens is 312 g/mol. The minimum atomic E-state index is 0.207. The normalized spacial score (nSPS) is 26.6. The summed E-state index contributed by atoms with van der Waals surface area (Å²) in [6.45, 7) is 5.70. The lowest BCUT2D eigenvalue weighted by molar-refractivity contribution is -0.0229. The van der Waals surface area contributed by atoms with Crippen molar-refractivity contribution >= 4 is 5.91 Å². The zero-order chi connectivity index (χ0) is 17.1. The van der Waals surface area contributed by atoms with E-state index in [1.54, 1.807) is 0 Å². The molecule has 1 atom stereocenters. The van der Waals surface area contributed by atoms with Gasteiger partial charge in [0.05, 0.1) is 0 Å². The molecule has 4 nitrogen and oxygen atoms in total. The van der Waals surface area contributed by atoms with E-state index in [0.29, 0.717) is 11.3 Å². The van der Waals surface area contributed by atoms with E-state index in [-0.39, 0.29) is 5.91 Å². The van der Waals surface area contributed by atoms with Crippen LogP contribution in [0.2, 0.25) is 0 Å². The fraction of sp³-hybridized carbons (Fsp3) is 0.667. The Morgan fingerprint density at radius 3 is 2.64 bits per heavy atom. The van der Waals surface area contributed by atoms with Crippen LogP contribution in [0.5, 0.6) is 0 Å². The first-order valence-corrected chi connectivity index (χ1v) is 9.94. The van der Waals surface area contributed by atoms with Crippen molar-refractivity contribution in [1.82, 2.24) is 10.2 Å². The summed E-state index contributed by atoms with van der Waals surface area (Å²) in [7, 11) is 0. The number of nitrogens with zero attached hydrogens (tertiary/aromatic N) is 1. The smallest absolute Gasteiger partial charge is 0.253 e. The summed E-state index contributed by atoms with van der Waals surface area (Å²) in [5.41, 5.74) is 2.51. The Labute approximate surface area is 150 Å². The molecule has 0 saturated carbocycles. The third-order valence-corrected chi connectivity index (χ3v) is 6.43. The van der Waals surface area contributed by atoms with Gasteiger partial charge < -0.3 is 15.0 Å². The Bertz CT molecular complexity index is 581. The Morgan fingerprint density at radius 1 is 1.12 bits per heavy atom. The lowest BCUT2D eigenvalue weighted by atomic mass is 9.74. The number of rotatable bonds is 2. The fourth-order valence-electron chi connectivity index (χ4n) is 4.81. The second-order valence-corrected chi connectivity index (χ2v) is 8.11. The third-order valence-electron chi connectivity index (χ3n) is 6.43. The molecule has 1 amide bonds. The van der Waals surface area contributed by atoms with Crippen LogP contribution in [0.4, 0.5) is 0 Å². The number of carbonyl (C=O) groups is 1. The number of hydrogen-bond acceptors (Lipinski definition) is 3. The number of piperidine rings is 2.